The highest BCUT2D eigenvalue weighted by Gasteiger charge is 2.12. The van der Waals surface area contributed by atoms with Crippen molar-refractivity contribution in [2.45, 2.75) is 32.2 Å². The van der Waals surface area contributed by atoms with Crippen LogP contribution in [0.4, 0.5) is 0 Å². The third-order valence-corrected chi connectivity index (χ3v) is 5.91. The number of fused-ring (bicyclic) bond motifs is 1. The van der Waals surface area contributed by atoms with E-state index in [9.17, 15) is 4.79 Å². The van der Waals surface area contributed by atoms with E-state index in [0.29, 0.717) is 25.3 Å². The number of para-hydroxylation sites is 2. The van der Waals surface area contributed by atoms with Crippen LogP contribution in [0, 0.1) is 0 Å². The summed E-state index contributed by atoms with van der Waals surface area (Å²) in [6, 6.07) is 19.4. The highest BCUT2D eigenvalue weighted by molar-refractivity contribution is 5.92. The van der Waals surface area contributed by atoms with Crippen molar-refractivity contribution in [1.82, 2.24) is 19.9 Å². The third-order valence-electron chi connectivity index (χ3n) is 5.91. The number of aromatic nitrogens is 3. The maximum absolute atomic E-state index is 12.3. The summed E-state index contributed by atoms with van der Waals surface area (Å²) in [7, 11) is 1.66. The average Bonchev–Trinajstić information content (AvgIpc) is 3.26. The minimum Gasteiger partial charge on any atom is -0.493 e. The van der Waals surface area contributed by atoms with Gasteiger partial charge in [0.05, 0.1) is 24.8 Å². The third kappa shape index (κ3) is 6.30. The molecule has 7 heteroatoms. The summed E-state index contributed by atoms with van der Waals surface area (Å²) in [5, 5.41) is 2.94. The molecule has 4 rings (SSSR count). The van der Waals surface area contributed by atoms with E-state index in [-0.39, 0.29) is 5.91 Å². The standard InChI is InChI=1S/C29H32N4O3/c1-3-10-22-14-15-26(27(21-22)35-2)36-20-9-8-19-33-25-13-5-4-11-23(25)32-28(33)16-18-31-29(34)24-12-6-7-17-30-24/h3-7,11-15,17,21H,1,8-10,16,18-20H2,2H3,(H,31,34). The van der Waals surface area contributed by atoms with Gasteiger partial charge in [-0.05, 0) is 61.2 Å². The van der Waals surface area contributed by atoms with Gasteiger partial charge in [-0.3, -0.25) is 9.78 Å². The molecule has 36 heavy (non-hydrogen) atoms. The zero-order valence-corrected chi connectivity index (χ0v) is 20.7. The zero-order valence-electron chi connectivity index (χ0n) is 20.7. The molecule has 2 aromatic heterocycles. The Balaban J connectivity index is 1.32. The lowest BCUT2D eigenvalue weighted by Gasteiger charge is -2.13. The molecule has 1 amide bonds. The second-order valence-corrected chi connectivity index (χ2v) is 8.42. The first-order valence-corrected chi connectivity index (χ1v) is 12.2. The Labute approximate surface area is 211 Å². The van der Waals surface area contributed by atoms with Gasteiger partial charge in [-0.15, -0.1) is 6.58 Å². The van der Waals surface area contributed by atoms with E-state index in [1.807, 2.05) is 42.5 Å². The fraction of sp³-hybridized carbons (Fsp3) is 0.276. The number of benzene rings is 2. The smallest absolute Gasteiger partial charge is 0.269 e. The van der Waals surface area contributed by atoms with Crippen molar-refractivity contribution in [3.8, 4) is 11.5 Å². The Bertz CT molecular complexity index is 1300. The summed E-state index contributed by atoms with van der Waals surface area (Å²) < 4.78 is 13.7. The van der Waals surface area contributed by atoms with Gasteiger partial charge in [0.1, 0.15) is 11.5 Å². The van der Waals surface area contributed by atoms with Gasteiger partial charge < -0.3 is 19.4 Å². The zero-order chi connectivity index (χ0) is 25.2. The van der Waals surface area contributed by atoms with Gasteiger partial charge in [-0.1, -0.05) is 30.3 Å². The first kappa shape index (κ1) is 25.0. The topological polar surface area (TPSA) is 78.3 Å². The number of amides is 1. The molecule has 1 N–H and O–H groups in total. The Hall–Kier alpha value is -4.13. The minimum atomic E-state index is -0.177. The molecule has 0 fully saturated rings. The molecule has 0 radical (unpaired) electrons. The fourth-order valence-corrected chi connectivity index (χ4v) is 4.12. The van der Waals surface area contributed by atoms with E-state index >= 15 is 0 Å². The molecule has 0 aliphatic carbocycles. The molecule has 0 spiro atoms. The molecular weight excluding hydrogens is 452 g/mol. The van der Waals surface area contributed by atoms with Gasteiger partial charge in [-0.25, -0.2) is 4.98 Å². The number of hydrogen-bond donors (Lipinski definition) is 1. The van der Waals surface area contributed by atoms with Crippen molar-refractivity contribution >= 4 is 16.9 Å². The summed E-state index contributed by atoms with van der Waals surface area (Å²) in [6.45, 7) is 5.70. The molecule has 0 unspecified atom stereocenters. The molecule has 186 valence electrons. The normalized spacial score (nSPS) is 10.8. The Kier molecular flexibility index (Phi) is 8.70. The van der Waals surface area contributed by atoms with Crippen molar-refractivity contribution in [2.75, 3.05) is 20.3 Å². The number of aryl methyl sites for hydroxylation is 1. The van der Waals surface area contributed by atoms with Crippen LogP contribution in [0.15, 0.2) is 79.5 Å². The van der Waals surface area contributed by atoms with Gasteiger partial charge in [0.2, 0.25) is 0 Å². The lowest BCUT2D eigenvalue weighted by Crippen LogP contribution is -2.27. The highest BCUT2D eigenvalue weighted by Crippen LogP contribution is 2.28. The number of carbonyl (C=O) groups is 1. The van der Waals surface area contributed by atoms with Gasteiger partial charge >= 0.3 is 0 Å². The Morgan fingerprint density at radius 3 is 2.75 bits per heavy atom. The van der Waals surface area contributed by atoms with Crippen LogP contribution in [0.3, 0.4) is 0 Å². The van der Waals surface area contributed by atoms with Crippen molar-refractivity contribution in [1.29, 1.82) is 0 Å². The number of unbranched alkanes of at least 4 members (excludes halogenated alkanes) is 1. The monoisotopic (exact) mass is 484 g/mol. The number of ether oxygens (including phenoxy) is 2. The van der Waals surface area contributed by atoms with Crippen molar-refractivity contribution < 1.29 is 14.3 Å². The molecule has 0 bridgehead atoms. The number of imidazole rings is 1. The van der Waals surface area contributed by atoms with E-state index in [0.717, 1.165) is 59.7 Å². The van der Waals surface area contributed by atoms with Crippen LogP contribution in [0.2, 0.25) is 0 Å². The van der Waals surface area contributed by atoms with Crippen LogP contribution in [0.1, 0.15) is 34.7 Å². The number of allylic oxidation sites excluding steroid dienone is 1. The van der Waals surface area contributed by atoms with E-state index in [2.05, 4.69) is 27.5 Å². The molecule has 0 atom stereocenters. The highest BCUT2D eigenvalue weighted by atomic mass is 16.5. The molecule has 2 aromatic carbocycles. The maximum atomic E-state index is 12.3. The van der Waals surface area contributed by atoms with Crippen LogP contribution in [-0.4, -0.2) is 40.7 Å². The lowest BCUT2D eigenvalue weighted by atomic mass is 10.1. The fourth-order valence-electron chi connectivity index (χ4n) is 4.12. The molecule has 0 aliphatic rings. The predicted octanol–water partition coefficient (Wildman–Crippen LogP) is 5.00. The van der Waals surface area contributed by atoms with Crippen molar-refractivity contribution in [3.05, 3.63) is 96.6 Å². The lowest BCUT2D eigenvalue weighted by molar-refractivity contribution is 0.0949. The molecule has 0 saturated carbocycles. The Morgan fingerprint density at radius 1 is 1.08 bits per heavy atom. The van der Waals surface area contributed by atoms with Crippen molar-refractivity contribution in [3.63, 3.8) is 0 Å². The second-order valence-electron chi connectivity index (χ2n) is 8.42. The van der Waals surface area contributed by atoms with E-state index in [4.69, 9.17) is 14.5 Å². The molecule has 4 aromatic rings. The number of carbonyl (C=O) groups excluding carboxylic acids is 1. The summed E-state index contributed by atoms with van der Waals surface area (Å²) >= 11 is 0. The summed E-state index contributed by atoms with van der Waals surface area (Å²) in [6.07, 6.45) is 6.75. The van der Waals surface area contributed by atoms with E-state index < -0.39 is 0 Å². The van der Waals surface area contributed by atoms with E-state index in [1.165, 1.54) is 0 Å². The number of hydrogen-bond acceptors (Lipinski definition) is 5. The number of pyridine rings is 1. The number of methoxy groups -OCH3 is 1. The van der Waals surface area contributed by atoms with E-state index in [1.54, 1.807) is 31.5 Å². The number of rotatable bonds is 13. The van der Waals surface area contributed by atoms with Crippen LogP contribution in [-0.2, 0) is 19.4 Å². The van der Waals surface area contributed by atoms with Crippen LogP contribution in [0.25, 0.3) is 11.0 Å². The quantitative estimate of drug-likeness (QED) is 0.213. The second kappa shape index (κ2) is 12.5. The average molecular weight is 485 g/mol. The Morgan fingerprint density at radius 2 is 1.94 bits per heavy atom. The first-order chi connectivity index (χ1) is 17.7. The molecule has 2 heterocycles. The van der Waals surface area contributed by atoms with Crippen LogP contribution in [0.5, 0.6) is 11.5 Å². The van der Waals surface area contributed by atoms with Crippen LogP contribution < -0.4 is 14.8 Å². The molecule has 0 aliphatic heterocycles. The maximum Gasteiger partial charge on any atom is 0.269 e. The SMILES string of the molecule is C=CCc1ccc(OCCCCn2c(CCNC(=O)c3ccccn3)nc3ccccc32)c(OC)c1. The molecule has 7 nitrogen and oxygen atoms in total. The van der Waals surface area contributed by atoms with Gasteiger partial charge in [-0.2, -0.15) is 0 Å². The summed E-state index contributed by atoms with van der Waals surface area (Å²) in [5.74, 6) is 2.27. The van der Waals surface area contributed by atoms with Gasteiger partial charge in [0.15, 0.2) is 11.5 Å². The van der Waals surface area contributed by atoms with Gasteiger partial charge in [0.25, 0.3) is 5.91 Å². The summed E-state index contributed by atoms with van der Waals surface area (Å²) in [4.78, 5) is 21.2. The largest absolute Gasteiger partial charge is 0.493 e. The molecular formula is C29H32N4O3. The van der Waals surface area contributed by atoms with Crippen LogP contribution >= 0.6 is 0 Å². The minimum absolute atomic E-state index is 0.177. The number of nitrogens with zero attached hydrogens (tertiary/aromatic N) is 3. The summed E-state index contributed by atoms with van der Waals surface area (Å²) in [5.41, 5.74) is 3.62. The first-order valence-electron chi connectivity index (χ1n) is 12.2. The predicted molar refractivity (Wildman–Crippen MR) is 142 cm³/mol. The molecule has 0 saturated heterocycles. The van der Waals surface area contributed by atoms with Gasteiger partial charge in [0, 0.05) is 25.7 Å². The van der Waals surface area contributed by atoms with Crippen molar-refractivity contribution in [2.24, 2.45) is 0 Å². The number of nitrogens with one attached hydrogen (secondary N) is 1.